The van der Waals surface area contributed by atoms with Crippen LogP contribution >= 0.6 is 11.6 Å². The Bertz CT molecular complexity index is 1050. The summed E-state index contributed by atoms with van der Waals surface area (Å²) in [5.74, 6) is 0.664. The first-order valence-electron chi connectivity index (χ1n) is 11.9. The van der Waals surface area contributed by atoms with Gasteiger partial charge < -0.3 is 9.64 Å². The highest BCUT2D eigenvalue weighted by Gasteiger charge is 2.23. The van der Waals surface area contributed by atoms with Crippen LogP contribution in [0.3, 0.4) is 0 Å². The van der Waals surface area contributed by atoms with Crippen LogP contribution in [0.15, 0.2) is 72.8 Å². The van der Waals surface area contributed by atoms with E-state index >= 15 is 0 Å². The average Bonchev–Trinajstić information content (AvgIpc) is 2.83. The Kier molecular flexibility index (Phi) is 9.12. The van der Waals surface area contributed by atoms with E-state index in [0.29, 0.717) is 24.4 Å². The number of rotatable bonds is 10. The van der Waals surface area contributed by atoms with Gasteiger partial charge in [0, 0.05) is 23.9 Å². The third kappa shape index (κ3) is 6.83. The van der Waals surface area contributed by atoms with Gasteiger partial charge >= 0.3 is 0 Å². The minimum Gasteiger partial charge on any atom is -0.491 e. The second kappa shape index (κ2) is 12.0. The van der Waals surface area contributed by atoms with Crippen molar-refractivity contribution in [2.75, 3.05) is 6.54 Å². The summed E-state index contributed by atoms with van der Waals surface area (Å²) in [6, 6.07) is 22.2. The Hall–Kier alpha value is -2.85. The second-order valence-electron chi connectivity index (χ2n) is 8.80. The van der Waals surface area contributed by atoms with E-state index < -0.39 is 0 Å². The zero-order valence-electron chi connectivity index (χ0n) is 20.3. The largest absolute Gasteiger partial charge is 0.491 e. The summed E-state index contributed by atoms with van der Waals surface area (Å²) in [5.41, 5.74) is 3.16. The third-order valence-corrected chi connectivity index (χ3v) is 6.28. The summed E-state index contributed by atoms with van der Waals surface area (Å²) in [4.78, 5) is 14.8. The molecule has 2 atom stereocenters. The molecule has 0 aliphatic rings. The van der Waals surface area contributed by atoms with E-state index in [2.05, 4.69) is 12.1 Å². The first-order chi connectivity index (χ1) is 16.3. The predicted octanol–water partition coefficient (Wildman–Crippen LogP) is 7.79. The molecule has 180 valence electrons. The quantitative estimate of drug-likeness (QED) is 0.295. The van der Waals surface area contributed by atoms with Crippen LogP contribution in [0.1, 0.15) is 69.2 Å². The molecule has 0 bridgehead atoms. The van der Waals surface area contributed by atoms with Crippen LogP contribution in [0.25, 0.3) is 0 Å². The van der Waals surface area contributed by atoms with Crippen molar-refractivity contribution in [3.8, 4) is 5.75 Å². The molecule has 3 aromatic rings. The zero-order chi connectivity index (χ0) is 24.7. The lowest BCUT2D eigenvalue weighted by Gasteiger charge is -2.31. The maximum absolute atomic E-state index is 13.6. The highest BCUT2D eigenvalue weighted by molar-refractivity contribution is 6.30. The van der Waals surface area contributed by atoms with Crippen molar-refractivity contribution in [1.29, 1.82) is 0 Å². The number of ether oxygens (including phenoxy) is 1. The Morgan fingerprint density at radius 2 is 1.41 bits per heavy atom. The van der Waals surface area contributed by atoms with Crippen molar-refractivity contribution in [3.63, 3.8) is 0 Å². The van der Waals surface area contributed by atoms with Crippen LogP contribution in [0.5, 0.6) is 5.75 Å². The summed E-state index contributed by atoms with van der Waals surface area (Å²) in [6.07, 6.45) is 1.24. The summed E-state index contributed by atoms with van der Waals surface area (Å²) in [5, 5.41) is 0.672. The van der Waals surface area contributed by atoms with Crippen molar-refractivity contribution in [2.24, 2.45) is 0 Å². The van der Waals surface area contributed by atoms with Gasteiger partial charge in [0.15, 0.2) is 0 Å². The number of benzene rings is 3. The molecule has 0 radical (unpaired) electrons. The summed E-state index contributed by atoms with van der Waals surface area (Å²) in [6.45, 7) is 8.49. The van der Waals surface area contributed by atoms with Gasteiger partial charge in [0.25, 0.3) is 0 Å². The first-order valence-corrected chi connectivity index (χ1v) is 12.2. The monoisotopic (exact) mass is 481 g/mol. The van der Waals surface area contributed by atoms with E-state index in [0.717, 1.165) is 22.4 Å². The molecular formula is C29H33ClFNO2. The van der Waals surface area contributed by atoms with E-state index in [1.807, 2.05) is 81.1 Å². The van der Waals surface area contributed by atoms with Gasteiger partial charge in [-0.15, -0.1) is 0 Å². The number of halogens is 2. The molecule has 0 saturated heterocycles. The minimum absolute atomic E-state index is 0.0123. The molecule has 0 aliphatic heterocycles. The molecule has 0 aliphatic carbocycles. The van der Waals surface area contributed by atoms with Crippen molar-refractivity contribution < 1.29 is 13.9 Å². The second-order valence-corrected chi connectivity index (χ2v) is 9.23. The molecule has 0 fully saturated rings. The maximum Gasteiger partial charge on any atom is 0.222 e. The molecule has 3 nitrogen and oxygen atoms in total. The number of hydrogen-bond acceptors (Lipinski definition) is 2. The third-order valence-electron chi connectivity index (χ3n) is 6.03. The fraction of sp³-hybridized carbons (Fsp3) is 0.345. The van der Waals surface area contributed by atoms with Crippen molar-refractivity contribution in [3.05, 3.63) is 100 Å². The minimum atomic E-state index is -0.262. The Morgan fingerprint density at radius 3 is 1.94 bits per heavy atom. The van der Waals surface area contributed by atoms with Gasteiger partial charge in [0.05, 0.1) is 12.1 Å². The van der Waals surface area contributed by atoms with Crippen molar-refractivity contribution >= 4 is 17.5 Å². The molecule has 1 amide bonds. The van der Waals surface area contributed by atoms with E-state index in [1.165, 1.54) is 12.1 Å². The number of hydrogen-bond donors (Lipinski definition) is 0. The molecule has 34 heavy (non-hydrogen) atoms. The fourth-order valence-corrected chi connectivity index (χ4v) is 4.32. The highest BCUT2D eigenvalue weighted by Crippen LogP contribution is 2.32. The SMILES string of the molecule is CCC(=O)N(CCC(c1ccc(F)cc1)c1ccc(OC(C)C)cc1)C(C)c1ccc(Cl)cc1. The smallest absolute Gasteiger partial charge is 0.222 e. The molecule has 0 aromatic heterocycles. The van der Waals surface area contributed by atoms with Gasteiger partial charge in [0.2, 0.25) is 5.91 Å². The first kappa shape index (κ1) is 25.8. The standard InChI is InChI=1S/C29H33ClFNO2/c1-5-29(33)32(21(4)22-6-12-25(30)13-7-22)19-18-28(23-8-14-26(31)15-9-23)24-10-16-27(17-11-24)34-20(2)3/h6-17,20-21,28H,5,18-19H2,1-4H3. The zero-order valence-corrected chi connectivity index (χ0v) is 21.1. The number of nitrogens with zero attached hydrogens (tertiary/aromatic N) is 1. The Labute approximate surface area is 207 Å². The van der Waals surface area contributed by atoms with Crippen LogP contribution in [-0.4, -0.2) is 23.5 Å². The number of amides is 1. The van der Waals surface area contributed by atoms with Gasteiger partial charge in [-0.25, -0.2) is 4.39 Å². The maximum atomic E-state index is 13.6. The topological polar surface area (TPSA) is 29.5 Å². The number of carbonyl (C=O) groups excluding carboxylic acids is 1. The van der Waals surface area contributed by atoms with E-state index in [4.69, 9.17) is 16.3 Å². The van der Waals surface area contributed by atoms with Crippen LogP contribution in [-0.2, 0) is 4.79 Å². The lowest BCUT2D eigenvalue weighted by molar-refractivity contribution is -0.133. The van der Waals surface area contributed by atoms with Crippen molar-refractivity contribution in [1.82, 2.24) is 4.90 Å². The molecule has 0 heterocycles. The summed E-state index contributed by atoms with van der Waals surface area (Å²) >= 11 is 6.06. The van der Waals surface area contributed by atoms with Crippen LogP contribution in [0.4, 0.5) is 4.39 Å². The number of carbonyl (C=O) groups is 1. The average molecular weight is 482 g/mol. The molecule has 3 rings (SSSR count). The van der Waals surface area contributed by atoms with Crippen molar-refractivity contribution in [2.45, 2.75) is 58.6 Å². The lowest BCUT2D eigenvalue weighted by Crippen LogP contribution is -2.34. The highest BCUT2D eigenvalue weighted by atomic mass is 35.5. The normalized spacial score (nSPS) is 12.9. The lowest BCUT2D eigenvalue weighted by atomic mass is 9.88. The van der Waals surface area contributed by atoms with Gasteiger partial charge in [0.1, 0.15) is 11.6 Å². The van der Waals surface area contributed by atoms with Gasteiger partial charge in [-0.3, -0.25) is 4.79 Å². The van der Waals surface area contributed by atoms with Crippen LogP contribution in [0, 0.1) is 5.82 Å². The predicted molar refractivity (Wildman–Crippen MR) is 137 cm³/mol. The molecule has 0 spiro atoms. The molecule has 0 N–H and O–H groups in total. The molecule has 0 saturated carbocycles. The molecule has 3 aromatic carbocycles. The van der Waals surface area contributed by atoms with E-state index in [1.54, 1.807) is 0 Å². The molecule has 5 heteroatoms. The Morgan fingerprint density at radius 1 is 0.882 bits per heavy atom. The van der Waals surface area contributed by atoms with Gasteiger partial charge in [-0.1, -0.05) is 54.9 Å². The van der Waals surface area contributed by atoms with Crippen LogP contribution < -0.4 is 4.74 Å². The van der Waals surface area contributed by atoms with Crippen LogP contribution in [0.2, 0.25) is 5.02 Å². The van der Waals surface area contributed by atoms with E-state index in [-0.39, 0.29) is 29.8 Å². The fourth-order valence-electron chi connectivity index (χ4n) is 4.20. The Balaban J connectivity index is 1.87. The molecular weight excluding hydrogens is 449 g/mol. The summed E-state index contributed by atoms with van der Waals surface area (Å²) in [7, 11) is 0. The van der Waals surface area contributed by atoms with E-state index in [9.17, 15) is 9.18 Å². The molecule has 2 unspecified atom stereocenters. The summed E-state index contributed by atoms with van der Waals surface area (Å²) < 4.78 is 19.4. The van der Waals surface area contributed by atoms with Gasteiger partial charge in [-0.2, -0.15) is 0 Å². The van der Waals surface area contributed by atoms with Gasteiger partial charge in [-0.05, 0) is 80.3 Å².